The van der Waals surface area contributed by atoms with Gasteiger partial charge in [0.05, 0.1) is 12.3 Å². The van der Waals surface area contributed by atoms with Gasteiger partial charge in [0.15, 0.2) is 5.13 Å². The molecule has 1 aliphatic heterocycles. The highest BCUT2D eigenvalue weighted by atomic mass is 32.1. The molecule has 0 aliphatic carbocycles. The SMILES string of the molecule is CCN1CCN(c2nc(CNCCOC)cs2)CC1. The molecule has 0 spiro atoms. The molecule has 6 heteroatoms. The van der Waals surface area contributed by atoms with Crippen LogP contribution in [0.1, 0.15) is 12.6 Å². The number of hydrogen-bond acceptors (Lipinski definition) is 6. The molecule has 2 heterocycles. The number of hydrogen-bond donors (Lipinski definition) is 1. The quantitative estimate of drug-likeness (QED) is 0.757. The first-order valence-corrected chi connectivity index (χ1v) is 7.82. The molecule has 2 rings (SSSR count). The third-order valence-electron chi connectivity index (χ3n) is 3.42. The molecule has 0 aromatic carbocycles. The highest BCUT2D eigenvalue weighted by Crippen LogP contribution is 2.21. The number of nitrogens with zero attached hydrogens (tertiary/aromatic N) is 3. The second kappa shape index (κ2) is 7.79. The molecule has 0 amide bonds. The lowest BCUT2D eigenvalue weighted by molar-refractivity contribution is 0.199. The largest absolute Gasteiger partial charge is 0.383 e. The fraction of sp³-hybridized carbons (Fsp3) is 0.769. The summed E-state index contributed by atoms with van der Waals surface area (Å²) in [6.45, 7) is 10.3. The molecule has 19 heavy (non-hydrogen) atoms. The van der Waals surface area contributed by atoms with E-state index in [9.17, 15) is 0 Å². The molecular formula is C13H24N4OS. The summed E-state index contributed by atoms with van der Waals surface area (Å²) >= 11 is 1.75. The first-order valence-electron chi connectivity index (χ1n) is 6.95. The van der Waals surface area contributed by atoms with E-state index in [0.717, 1.165) is 58.1 Å². The Morgan fingerprint density at radius 3 is 2.84 bits per heavy atom. The average molecular weight is 284 g/mol. The zero-order valence-electron chi connectivity index (χ0n) is 11.9. The molecule has 108 valence electrons. The molecular weight excluding hydrogens is 260 g/mol. The Morgan fingerprint density at radius 2 is 2.16 bits per heavy atom. The van der Waals surface area contributed by atoms with Crippen molar-refractivity contribution in [1.29, 1.82) is 0 Å². The topological polar surface area (TPSA) is 40.6 Å². The zero-order valence-corrected chi connectivity index (χ0v) is 12.7. The van der Waals surface area contributed by atoms with Gasteiger partial charge < -0.3 is 19.9 Å². The van der Waals surface area contributed by atoms with Crippen molar-refractivity contribution < 1.29 is 4.74 Å². The predicted octanol–water partition coefficient (Wildman–Crippen LogP) is 1.02. The van der Waals surface area contributed by atoms with Crippen LogP contribution in [0.4, 0.5) is 5.13 Å². The first kappa shape index (κ1) is 14.7. The smallest absolute Gasteiger partial charge is 0.185 e. The molecule has 1 N–H and O–H groups in total. The number of nitrogens with one attached hydrogen (secondary N) is 1. The lowest BCUT2D eigenvalue weighted by Crippen LogP contribution is -2.46. The number of aromatic nitrogens is 1. The second-order valence-electron chi connectivity index (χ2n) is 4.71. The van der Waals surface area contributed by atoms with Gasteiger partial charge in [-0.05, 0) is 6.54 Å². The maximum absolute atomic E-state index is 5.01. The average Bonchev–Trinajstić information content (AvgIpc) is 2.92. The summed E-state index contributed by atoms with van der Waals surface area (Å²) in [7, 11) is 1.72. The molecule has 1 aromatic heterocycles. The number of piperazine rings is 1. The van der Waals surface area contributed by atoms with Crippen LogP contribution in [0.15, 0.2) is 5.38 Å². The van der Waals surface area contributed by atoms with Crippen molar-refractivity contribution in [2.75, 3.05) is 57.9 Å². The Kier molecular flexibility index (Phi) is 6.03. The van der Waals surface area contributed by atoms with Crippen LogP contribution in [0.5, 0.6) is 0 Å². The molecule has 1 aromatic rings. The minimum Gasteiger partial charge on any atom is -0.383 e. The van der Waals surface area contributed by atoms with E-state index in [0.29, 0.717) is 0 Å². The van der Waals surface area contributed by atoms with E-state index >= 15 is 0 Å². The van der Waals surface area contributed by atoms with Gasteiger partial charge in [0.25, 0.3) is 0 Å². The molecule has 0 unspecified atom stereocenters. The van der Waals surface area contributed by atoms with Crippen molar-refractivity contribution in [3.63, 3.8) is 0 Å². The summed E-state index contributed by atoms with van der Waals surface area (Å²) in [6, 6.07) is 0. The highest BCUT2D eigenvalue weighted by molar-refractivity contribution is 7.13. The Labute approximate surface area is 119 Å². The van der Waals surface area contributed by atoms with Gasteiger partial charge in [0.1, 0.15) is 0 Å². The van der Waals surface area contributed by atoms with Crippen molar-refractivity contribution in [3.05, 3.63) is 11.1 Å². The Balaban J connectivity index is 1.77. The summed E-state index contributed by atoms with van der Waals surface area (Å²) in [4.78, 5) is 9.59. The fourth-order valence-corrected chi connectivity index (χ4v) is 3.05. The maximum Gasteiger partial charge on any atom is 0.185 e. The Morgan fingerprint density at radius 1 is 1.37 bits per heavy atom. The molecule has 1 saturated heterocycles. The van der Waals surface area contributed by atoms with Crippen LogP contribution in [0.2, 0.25) is 0 Å². The number of methoxy groups -OCH3 is 1. The van der Waals surface area contributed by atoms with E-state index in [4.69, 9.17) is 9.72 Å². The predicted molar refractivity (Wildman–Crippen MR) is 80.0 cm³/mol. The monoisotopic (exact) mass is 284 g/mol. The van der Waals surface area contributed by atoms with Gasteiger partial charge in [-0.2, -0.15) is 0 Å². The van der Waals surface area contributed by atoms with E-state index in [1.165, 1.54) is 5.13 Å². The van der Waals surface area contributed by atoms with E-state index in [1.807, 2.05) is 0 Å². The summed E-state index contributed by atoms with van der Waals surface area (Å²) in [5, 5.41) is 6.65. The van der Waals surface area contributed by atoms with Crippen LogP contribution in [0, 0.1) is 0 Å². The molecule has 5 nitrogen and oxygen atoms in total. The Bertz CT molecular complexity index is 363. The van der Waals surface area contributed by atoms with Crippen molar-refractivity contribution in [2.45, 2.75) is 13.5 Å². The van der Waals surface area contributed by atoms with Gasteiger partial charge in [-0.1, -0.05) is 6.92 Å². The van der Waals surface area contributed by atoms with Crippen molar-refractivity contribution in [2.24, 2.45) is 0 Å². The zero-order chi connectivity index (χ0) is 13.5. The van der Waals surface area contributed by atoms with Crippen LogP contribution in [0.25, 0.3) is 0 Å². The van der Waals surface area contributed by atoms with Crippen LogP contribution >= 0.6 is 11.3 Å². The lowest BCUT2D eigenvalue weighted by Gasteiger charge is -2.33. The van der Waals surface area contributed by atoms with Gasteiger partial charge in [0.2, 0.25) is 0 Å². The van der Waals surface area contributed by atoms with Gasteiger partial charge >= 0.3 is 0 Å². The minimum absolute atomic E-state index is 0.746. The van der Waals surface area contributed by atoms with Crippen molar-refractivity contribution in [3.8, 4) is 0 Å². The van der Waals surface area contributed by atoms with Gasteiger partial charge in [-0.15, -0.1) is 11.3 Å². The Hall–Kier alpha value is -0.690. The normalized spacial score (nSPS) is 17.1. The molecule has 0 bridgehead atoms. The lowest BCUT2D eigenvalue weighted by atomic mass is 10.3. The third kappa shape index (κ3) is 4.42. The minimum atomic E-state index is 0.746. The number of likely N-dealkylation sites (N-methyl/N-ethyl adjacent to an activating group) is 1. The summed E-state index contributed by atoms with van der Waals surface area (Å²) < 4.78 is 5.01. The van der Waals surface area contributed by atoms with Crippen LogP contribution in [-0.2, 0) is 11.3 Å². The summed E-state index contributed by atoms with van der Waals surface area (Å²) in [6.07, 6.45) is 0. The molecule has 1 aliphatic rings. The van der Waals surface area contributed by atoms with Gasteiger partial charge in [0, 0.05) is 51.8 Å². The molecule has 0 atom stereocenters. The number of thiazole rings is 1. The maximum atomic E-state index is 5.01. The summed E-state index contributed by atoms with van der Waals surface area (Å²) in [5.41, 5.74) is 1.13. The van der Waals surface area contributed by atoms with E-state index < -0.39 is 0 Å². The second-order valence-corrected chi connectivity index (χ2v) is 5.55. The molecule has 1 fully saturated rings. The fourth-order valence-electron chi connectivity index (χ4n) is 2.17. The van der Waals surface area contributed by atoms with Crippen LogP contribution in [0.3, 0.4) is 0 Å². The van der Waals surface area contributed by atoms with Crippen molar-refractivity contribution >= 4 is 16.5 Å². The third-order valence-corrected chi connectivity index (χ3v) is 4.37. The van der Waals surface area contributed by atoms with Crippen LogP contribution < -0.4 is 10.2 Å². The number of ether oxygens (including phenoxy) is 1. The van der Waals surface area contributed by atoms with E-state index in [1.54, 1.807) is 18.4 Å². The number of rotatable bonds is 7. The standard InChI is InChI=1S/C13H24N4OS/c1-3-16-5-7-17(8-6-16)13-15-12(11-19-13)10-14-4-9-18-2/h11,14H,3-10H2,1-2H3. The van der Waals surface area contributed by atoms with E-state index in [-0.39, 0.29) is 0 Å². The van der Waals surface area contributed by atoms with Crippen LogP contribution in [-0.4, -0.2) is 62.9 Å². The first-order chi connectivity index (χ1) is 9.33. The van der Waals surface area contributed by atoms with Gasteiger partial charge in [-0.3, -0.25) is 0 Å². The van der Waals surface area contributed by atoms with Crippen molar-refractivity contribution in [1.82, 2.24) is 15.2 Å². The summed E-state index contributed by atoms with van der Waals surface area (Å²) in [5.74, 6) is 0. The van der Waals surface area contributed by atoms with Gasteiger partial charge in [-0.25, -0.2) is 4.98 Å². The highest BCUT2D eigenvalue weighted by Gasteiger charge is 2.18. The molecule has 0 radical (unpaired) electrons. The van der Waals surface area contributed by atoms with E-state index in [2.05, 4.69) is 27.4 Å². The number of anilines is 1. The molecule has 0 saturated carbocycles.